The monoisotopic (exact) mass is 262 g/mol. The second-order valence-electron chi connectivity index (χ2n) is 5.64. The van der Waals surface area contributed by atoms with E-state index in [0.717, 1.165) is 44.5 Å². The normalized spacial score (nSPS) is 22.2. The lowest BCUT2D eigenvalue weighted by molar-refractivity contribution is -0.137. The maximum absolute atomic E-state index is 13.2. The van der Waals surface area contributed by atoms with Gasteiger partial charge in [-0.05, 0) is 50.0 Å². The van der Waals surface area contributed by atoms with Crippen molar-refractivity contribution >= 4 is 5.91 Å². The minimum atomic E-state index is -0.235. The molecule has 102 valence electrons. The molecule has 1 amide bonds. The molecule has 1 aromatic carbocycles. The topological polar surface area (TPSA) is 32.3 Å². The Hall–Kier alpha value is -1.42. The maximum atomic E-state index is 13.2. The van der Waals surface area contributed by atoms with Crippen LogP contribution in [0.2, 0.25) is 0 Å². The molecule has 0 atom stereocenters. The molecule has 0 bridgehead atoms. The number of nitrogens with one attached hydrogen (secondary N) is 1. The first-order valence-corrected chi connectivity index (χ1v) is 6.94. The molecular formula is C15H19FN2O. The van der Waals surface area contributed by atoms with E-state index >= 15 is 0 Å². The van der Waals surface area contributed by atoms with Crippen LogP contribution in [0.1, 0.15) is 24.8 Å². The van der Waals surface area contributed by atoms with Crippen molar-refractivity contribution in [3.8, 4) is 0 Å². The van der Waals surface area contributed by atoms with Crippen LogP contribution >= 0.6 is 0 Å². The van der Waals surface area contributed by atoms with Crippen molar-refractivity contribution < 1.29 is 9.18 Å². The third-order valence-electron chi connectivity index (χ3n) is 4.42. The van der Waals surface area contributed by atoms with Gasteiger partial charge in [0.1, 0.15) is 5.82 Å². The van der Waals surface area contributed by atoms with E-state index < -0.39 is 0 Å². The van der Waals surface area contributed by atoms with Crippen molar-refractivity contribution in [1.29, 1.82) is 0 Å². The summed E-state index contributed by atoms with van der Waals surface area (Å²) in [5, 5.41) is 3.31. The highest BCUT2D eigenvalue weighted by molar-refractivity contribution is 5.85. The fourth-order valence-electron chi connectivity index (χ4n) is 3.27. The third kappa shape index (κ3) is 2.37. The van der Waals surface area contributed by atoms with Gasteiger partial charge in [0, 0.05) is 13.1 Å². The molecule has 0 saturated carbocycles. The van der Waals surface area contributed by atoms with Gasteiger partial charge in [0.25, 0.3) is 0 Å². The molecule has 0 unspecified atom stereocenters. The molecule has 0 radical (unpaired) electrons. The average molecular weight is 262 g/mol. The summed E-state index contributed by atoms with van der Waals surface area (Å²) in [6, 6.07) is 6.53. The number of amides is 1. The molecule has 2 fully saturated rings. The lowest BCUT2D eigenvalue weighted by Gasteiger charge is -2.32. The van der Waals surface area contributed by atoms with Crippen LogP contribution in [0.3, 0.4) is 0 Å². The molecule has 2 heterocycles. The van der Waals surface area contributed by atoms with E-state index in [2.05, 4.69) is 5.32 Å². The molecule has 1 spiro atoms. The standard InChI is InChI=1S/C15H19FN2O/c16-13-3-1-2-12(10-13)11-18-9-6-15(14(18)19)4-7-17-8-5-15/h1-3,10,17H,4-9,11H2. The number of nitrogens with zero attached hydrogens (tertiary/aromatic N) is 1. The summed E-state index contributed by atoms with van der Waals surface area (Å²) in [6.45, 7) is 3.19. The quantitative estimate of drug-likeness (QED) is 0.883. The van der Waals surface area contributed by atoms with E-state index in [1.807, 2.05) is 11.0 Å². The number of rotatable bonds is 2. The van der Waals surface area contributed by atoms with Gasteiger partial charge in [-0.15, -0.1) is 0 Å². The van der Waals surface area contributed by atoms with Crippen LogP contribution in [0.15, 0.2) is 24.3 Å². The molecule has 0 aromatic heterocycles. The lowest BCUT2D eigenvalue weighted by atomic mass is 9.78. The molecule has 19 heavy (non-hydrogen) atoms. The van der Waals surface area contributed by atoms with Crippen molar-refractivity contribution in [3.63, 3.8) is 0 Å². The predicted molar refractivity (Wildman–Crippen MR) is 71.0 cm³/mol. The summed E-state index contributed by atoms with van der Waals surface area (Å²) in [5.74, 6) is 0.0268. The van der Waals surface area contributed by atoms with Gasteiger partial charge in [-0.1, -0.05) is 12.1 Å². The number of benzene rings is 1. The Labute approximate surface area is 112 Å². The van der Waals surface area contributed by atoms with Crippen molar-refractivity contribution in [1.82, 2.24) is 10.2 Å². The molecule has 2 saturated heterocycles. The van der Waals surface area contributed by atoms with Gasteiger partial charge < -0.3 is 10.2 Å². The Morgan fingerprint density at radius 2 is 2.05 bits per heavy atom. The lowest BCUT2D eigenvalue weighted by Crippen LogP contribution is -2.42. The van der Waals surface area contributed by atoms with Crippen LogP contribution in [0.4, 0.5) is 4.39 Å². The van der Waals surface area contributed by atoms with E-state index in [-0.39, 0.29) is 17.1 Å². The maximum Gasteiger partial charge on any atom is 0.229 e. The highest BCUT2D eigenvalue weighted by Gasteiger charge is 2.46. The van der Waals surface area contributed by atoms with Crippen molar-refractivity contribution in [2.75, 3.05) is 19.6 Å². The third-order valence-corrected chi connectivity index (χ3v) is 4.42. The Morgan fingerprint density at radius 3 is 2.79 bits per heavy atom. The molecule has 2 aliphatic rings. The van der Waals surface area contributed by atoms with Crippen LogP contribution in [0, 0.1) is 11.2 Å². The van der Waals surface area contributed by atoms with E-state index in [4.69, 9.17) is 0 Å². The number of carbonyl (C=O) groups is 1. The zero-order valence-corrected chi connectivity index (χ0v) is 11.0. The predicted octanol–water partition coefficient (Wildman–Crippen LogP) is 1.93. The fraction of sp³-hybridized carbons (Fsp3) is 0.533. The van der Waals surface area contributed by atoms with Gasteiger partial charge in [0.2, 0.25) is 5.91 Å². The Balaban J connectivity index is 1.72. The van der Waals surface area contributed by atoms with E-state index in [1.54, 1.807) is 6.07 Å². The summed E-state index contributed by atoms with van der Waals surface area (Å²) in [6.07, 6.45) is 2.82. The average Bonchev–Trinajstić information content (AvgIpc) is 2.70. The van der Waals surface area contributed by atoms with E-state index in [9.17, 15) is 9.18 Å². The zero-order chi connectivity index (χ0) is 13.3. The van der Waals surface area contributed by atoms with Crippen LogP contribution in [0.25, 0.3) is 0 Å². The second-order valence-corrected chi connectivity index (χ2v) is 5.64. The Morgan fingerprint density at radius 1 is 1.26 bits per heavy atom. The molecule has 3 rings (SSSR count). The molecule has 1 N–H and O–H groups in total. The van der Waals surface area contributed by atoms with E-state index in [0.29, 0.717) is 6.54 Å². The van der Waals surface area contributed by atoms with Crippen molar-refractivity contribution in [2.24, 2.45) is 5.41 Å². The summed E-state index contributed by atoms with van der Waals surface area (Å²) in [5.41, 5.74) is 0.734. The number of halogens is 1. The largest absolute Gasteiger partial charge is 0.338 e. The van der Waals surface area contributed by atoms with Gasteiger partial charge >= 0.3 is 0 Å². The summed E-state index contributed by atoms with van der Waals surface area (Å²) < 4.78 is 13.2. The summed E-state index contributed by atoms with van der Waals surface area (Å²) >= 11 is 0. The van der Waals surface area contributed by atoms with Crippen molar-refractivity contribution in [3.05, 3.63) is 35.6 Å². The van der Waals surface area contributed by atoms with Gasteiger partial charge in [-0.2, -0.15) is 0 Å². The highest BCUT2D eigenvalue weighted by Crippen LogP contribution is 2.40. The number of hydrogen-bond acceptors (Lipinski definition) is 2. The molecule has 4 heteroatoms. The molecule has 0 aliphatic carbocycles. The van der Waals surface area contributed by atoms with Crippen molar-refractivity contribution in [2.45, 2.75) is 25.8 Å². The fourth-order valence-corrected chi connectivity index (χ4v) is 3.27. The highest BCUT2D eigenvalue weighted by atomic mass is 19.1. The Kier molecular flexibility index (Phi) is 3.27. The number of carbonyl (C=O) groups excluding carboxylic acids is 1. The molecule has 3 nitrogen and oxygen atoms in total. The van der Waals surface area contributed by atoms with Crippen LogP contribution in [-0.2, 0) is 11.3 Å². The minimum absolute atomic E-state index is 0.140. The first-order chi connectivity index (χ1) is 9.20. The van der Waals surface area contributed by atoms with Gasteiger partial charge in [0.05, 0.1) is 5.41 Å². The SMILES string of the molecule is O=C1N(Cc2cccc(F)c2)CCC12CCNCC2. The van der Waals surface area contributed by atoms with Gasteiger partial charge in [0.15, 0.2) is 0 Å². The smallest absolute Gasteiger partial charge is 0.229 e. The van der Waals surface area contributed by atoms with Gasteiger partial charge in [-0.3, -0.25) is 4.79 Å². The first kappa shape index (κ1) is 12.6. The first-order valence-electron chi connectivity index (χ1n) is 6.94. The zero-order valence-electron chi connectivity index (χ0n) is 11.0. The number of likely N-dealkylation sites (tertiary alicyclic amines) is 1. The minimum Gasteiger partial charge on any atom is -0.338 e. The van der Waals surface area contributed by atoms with Crippen LogP contribution in [-0.4, -0.2) is 30.4 Å². The number of piperidine rings is 1. The molecule has 2 aliphatic heterocycles. The summed E-state index contributed by atoms with van der Waals surface area (Å²) in [7, 11) is 0. The second kappa shape index (κ2) is 4.93. The van der Waals surface area contributed by atoms with E-state index in [1.165, 1.54) is 12.1 Å². The van der Waals surface area contributed by atoms with Gasteiger partial charge in [-0.25, -0.2) is 4.39 Å². The molecule has 1 aromatic rings. The Bertz CT molecular complexity index is 483. The van der Waals surface area contributed by atoms with Crippen LogP contribution < -0.4 is 5.32 Å². The van der Waals surface area contributed by atoms with Crippen LogP contribution in [0.5, 0.6) is 0 Å². The molecular weight excluding hydrogens is 243 g/mol. The number of hydrogen-bond donors (Lipinski definition) is 1. The summed E-state index contributed by atoms with van der Waals surface area (Å²) in [4.78, 5) is 14.5.